The lowest BCUT2D eigenvalue weighted by atomic mass is 9.94. The van der Waals surface area contributed by atoms with E-state index < -0.39 is 0 Å². The maximum absolute atomic E-state index is 12.6. The quantitative estimate of drug-likeness (QED) is 0.660. The van der Waals surface area contributed by atoms with Crippen LogP contribution in [0.2, 0.25) is 5.02 Å². The molecule has 1 fully saturated rings. The predicted molar refractivity (Wildman–Crippen MR) is 101 cm³/mol. The number of carbonyl (C=O) groups is 2. The molecule has 0 saturated carbocycles. The zero-order chi connectivity index (χ0) is 17.0. The van der Waals surface area contributed by atoms with Gasteiger partial charge in [-0.25, -0.2) is 0 Å². The summed E-state index contributed by atoms with van der Waals surface area (Å²) in [5.41, 5.74) is 0.660. The third-order valence-corrected chi connectivity index (χ3v) is 5.91. The van der Waals surface area contributed by atoms with Crippen molar-refractivity contribution in [2.45, 2.75) is 26.7 Å². The summed E-state index contributed by atoms with van der Waals surface area (Å²) in [5, 5.41) is 0.658. The maximum Gasteiger partial charge on any atom is 0.253 e. The van der Waals surface area contributed by atoms with Crippen LogP contribution in [0.5, 0.6) is 0 Å². The second-order valence-electron chi connectivity index (χ2n) is 5.71. The van der Waals surface area contributed by atoms with E-state index >= 15 is 0 Å². The van der Waals surface area contributed by atoms with Gasteiger partial charge >= 0.3 is 0 Å². The molecule has 23 heavy (non-hydrogen) atoms. The summed E-state index contributed by atoms with van der Waals surface area (Å²) >= 11 is 8.14. The molecule has 1 aliphatic rings. The Labute approximate surface area is 156 Å². The number of benzene rings is 1. The van der Waals surface area contributed by atoms with Crippen molar-refractivity contribution in [3.63, 3.8) is 0 Å². The zero-order valence-corrected chi connectivity index (χ0v) is 16.4. The summed E-state index contributed by atoms with van der Waals surface area (Å²) in [6.07, 6.45) is 1.48. The van der Waals surface area contributed by atoms with E-state index in [0.717, 1.165) is 29.5 Å². The van der Waals surface area contributed by atoms with Crippen molar-refractivity contribution in [2.75, 3.05) is 26.2 Å². The van der Waals surface area contributed by atoms with E-state index in [-0.39, 0.29) is 17.7 Å². The summed E-state index contributed by atoms with van der Waals surface area (Å²) in [7, 11) is 0. The van der Waals surface area contributed by atoms with E-state index in [1.54, 1.807) is 12.1 Å². The fraction of sp³-hybridized carbons (Fsp3) is 0.529. The molecule has 6 heteroatoms. The number of nitrogens with zero attached hydrogens (tertiary/aromatic N) is 2. The molecule has 0 aromatic heterocycles. The summed E-state index contributed by atoms with van der Waals surface area (Å²) in [6, 6.07) is 5.34. The summed E-state index contributed by atoms with van der Waals surface area (Å²) in [6.45, 7) is 6.77. The number of halogens is 2. The fourth-order valence-electron chi connectivity index (χ4n) is 2.93. The molecule has 2 rings (SSSR count). The minimum atomic E-state index is 0.0216. The smallest absolute Gasteiger partial charge is 0.253 e. The Morgan fingerprint density at radius 1 is 1.26 bits per heavy atom. The molecule has 1 heterocycles. The van der Waals surface area contributed by atoms with E-state index in [4.69, 9.17) is 11.6 Å². The van der Waals surface area contributed by atoms with Crippen LogP contribution in [-0.2, 0) is 4.79 Å². The molecule has 0 atom stereocenters. The fourth-order valence-corrected chi connectivity index (χ4v) is 3.57. The topological polar surface area (TPSA) is 40.6 Å². The first-order valence-electron chi connectivity index (χ1n) is 8.01. The minimum Gasteiger partial charge on any atom is -0.343 e. The number of carbonyl (C=O) groups excluding carboxylic acids is 2. The molecule has 0 unspecified atom stereocenters. The first kappa shape index (κ1) is 18.5. The van der Waals surface area contributed by atoms with Gasteiger partial charge in [-0.3, -0.25) is 9.59 Å². The predicted octanol–water partition coefficient (Wildman–Crippen LogP) is 3.67. The van der Waals surface area contributed by atoms with Gasteiger partial charge in [0, 0.05) is 41.2 Å². The highest BCUT2D eigenvalue weighted by atomic mass is 127. The number of likely N-dealkylation sites (tertiary alicyclic amines) is 1. The van der Waals surface area contributed by atoms with Crippen LogP contribution < -0.4 is 0 Å². The van der Waals surface area contributed by atoms with E-state index in [9.17, 15) is 9.59 Å². The number of amides is 2. The third-order valence-electron chi connectivity index (χ3n) is 4.37. The van der Waals surface area contributed by atoms with Gasteiger partial charge in [-0.2, -0.15) is 0 Å². The van der Waals surface area contributed by atoms with Crippen LogP contribution in [0.1, 0.15) is 37.0 Å². The van der Waals surface area contributed by atoms with Gasteiger partial charge in [-0.05, 0) is 67.5 Å². The maximum atomic E-state index is 12.6. The van der Waals surface area contributed by atoms with E-state index in [2.05, 4.69) is 22.6 Å². The van der Waals surface area contributed by atoms with Crippen LogP contribution in [0.15, 0.2) is 18.2 Å². The Morgan fingerprint density at radius 2 is 1.87 bits per heavy atom. The standard InChI is InChI=1S/C17H22ClIN2O2/c1-3-20(4-2)16(22)12-7-9-21(10-8-12)17(23)13-5-6-14(18)15(19)11-13/h5-6,11-12H,3-4,7-10H2,1-2H3. The Kier molecular flexibility index (Phi) is 6.71. The molecule has 0 N–H and O–H groups in total. The van der Waals surface area contributed by atoms with E-state index in [0.29, 0.717) is 23.7 Å². The van der Waals surface area contributed by atoms with Crippen molar-refractivity contribution in [1.82, 2.24) is 9.80 Å². The molecule has 126 valence electrons. The average Bonchev–Trinajstić information content (AvgIpc) is 2.58. The Balaban J connectivity index is 1.97. The lowest BCUT2D eigenvalue weighted by Crippen LogP contribution is -2.44. The van der Waals surface area contributed by atoms with Crippen LogP contribution in [0.4, 0.5) is 0 Å². The van der Waals surface area contributed by atoms with Crippen molar-refractivity contribution in [1.29, 1.82) is 0 Å². The largest absolute Gasteiger partial charge is 0.343 e. The minimum absolute atomic E-state index is 0.0216. The Bertz CT molecular complexity index is 582. The Hall–Kier alpha value is -0.820. The second-order valence-corrected chi connectivity index (χ2v) is 7.28. The van der Waals surface area contributed by atoms with Crippen LogP contribution >= 0.6 is 34.2 Å². The summed E-state index contributed by atoms with van der Waals surface area (Å²) in [5.74, 6) is 0.292. The van der Waals surface area contributed by atoms with Crippen molar-refractivity contribution < 1.29 is 9.59 Å². The van der Waals surface area contributed by atoms with Gasteiger partial charge in [0.05, 0.1) is 5.02 Å². The zero-order valence-electron chi connectivity index (χ0n) is 13.5. The number of piperidine rings is 1. The first-order valence-corrected chi connectivity index (χ1v) is 9.46. The molecular weight excluding hydrogens is 427 g/mol. The SMILES string of the molecule is CCN(CC)C(=O)C1CCN(C(=O)c2ccc(Cl)c(I)c2)CC1. The summed E-state index contributed by atoms with van der Waals surface area (Å²) in [4.78, 5) is 28.7. The molecule has 1 aromatic rings. The average molecular weight is 449 g/mol. The molecule has 4 nitrogen and oxygen atoms in total. The molecule has 0 radical (unpaired) electrons. The number of hydrogen-bond acceptors (Lipinski definition) is 2. The number of rotatable bonds is 4. The van der Waals surface area contributed by atoms with Crippen molar-refractivity contribution in [3.05, 3.63) is 32.4 Å². The molecule has 0 spiro atoms. The van der Waals surface area contributed by atoms with Crippen LogP contribution in [0.25, 0.3) is 0 Å². The van der Waals surface area contributed by atoms with Crippen molar-refractivity contribution >= 4 is 46.0 Å². The van der Waals surface area contributed by atoms with Crippen LogP contribution in [0.3, 0.4) is 0 Å². The highest BCUT2D eigenvalue weighted by molar-refractivity contribution is 14.1. The van der Waals surface area contributed by atoms with Gasteiger partial charge in [0.25, 0.3) is 5.91 Å². The monoisotopic (exact) mass is 448 g/mol. The number of hydrogen-bond donors (Lipinski definition) is 0. The molecule has 0 aliphatic carbocycles. The molecule has 2 amide bonds. The molecule has 0 bridgehead atoms. The highest BCUT2D eigenvalue weighted by Gasteiger charge is 2.29. The lowest BCUT2D eigenvalue weighted by Gasteiger charge is -2.33. The van der Waals surface area contributed by atoms with Gasteiger partial charge in [0.2, 0.25) is 5.91 Å². The van der Waals surface area contributed by atoms with Crippen LogP contribution in [0, 0.1) is 9.49 Å². The lowest BCUT2D eigenvalue weighted by molar-refractivity contribution is -0.136. The van der Waals surface area contributed by atoms with Gasteiger partial charge < -0.3 is 9.80 Å². The van der Waals surface area contributed by atoms with E-state index in [1.807, 2.05) is 29.7 Å². The van der Waals surface area contributed by atoms with Gasteiger partial charge in [0.15, 0.2) is 0 Å². The van der Waals surface area contributed by atoms with Crippen molar-refractivity contribution in [2.24, 2.45) is 5.92 Å². The van der Waals surface area contributed by atoms with Crippen LogP contribution in [-0.4, -0.2) is 47.8 Å². The Morgan fingerprint density at radius 3 is 2.39 bits per heavy atom. The second kappa shape index (κ2) is 8.33. The molecule has 1 aromatic carbocycles. The van der Waals surface area contributed by atoms with Gasteiger partial charge in [-0.15, -0.1) is 0 Å². The van der Waals surface area contributed by atoms with Crippen molar-refractivity contribution in [3.8, 4) is 0 Å². The third kappa shape index (κ3) is 4.38. The molecule has 1 aliphatic heterocycles. The molecular formula is C17H22ClIN2O2. The van der Waals surface area contributed by atoms with Gasteiger partial charge in [0.1, 0.15) is 0 Å². The molecule has 1 saturated heterocycles. The van der Waals surface area contributed by atoms with Gasteiger partial charge in [-0.1, -0.05) is 11.6 Å². The summed E-state index contributed by atoms with van der Waals surface area (Å²) < 4.78 is 0.877. The van der Waals surface area contributed by atoms with E-state index in [1.165, 1.54) is 0 Å². The first-order chi connectivity index (χ1) is 11.0. The highest BCUT2D eigenvalue weighted by Crippen LogP contribution is 2.24. The normalized spacial score (nSPS) is 15.6.